The molecule has 1 saturated carbocycles. The largest absolute Gasteiger partial charge is 0.416 e. The molecule has 0 saturated heterocycles. The van der Waals surface area contributed by atoms with Gasteiger partial charge in [-0.3, -0.25) is 0 Å². The Labute approximate surface area is 100 Å². The van der Waals surface area contributed by atoms with Crippen LogP contribution >= 0.6 is 0 Å². The molecule has 3 rings (SSSR count). The molecule has 0 amide bonds. The highest BCUT2D eigenvalue weighted by molar-refractivity contribution is 5.77. The third-order valence-corrected chi connectivity index (χ3v) is 3.42. The first-order chi connectivity index (χ1) is 8.47. The molecule has 18 heavy (non-hydrogen) atoms. The van der Waals surface area contributed by atoms with Crippen LogP contribution in [0.15, 0.2) is 18.5 Å². The number of benzene rings is 1. The lowest BCUT2D eigenvalue weighted by molar-refractivity contribution is -0.137. The van der Waals surface area contributed by atoms with Gasteiger partial charge in [-0.1, -0.05) is 0 Å². The van der Waals surface area contributed by atoms with Crippen LogP contribution < -0.4 is 0 Å². The summed E-state index contributed by atoms with van der Waals surface area (Å²) in [5.41, 5.74) is -0.756. The number of hydrogen-bond donors (Lipinski definition) is 0. The fraction of sp³-hybridized carbons (Fsp3) is 0.417. The average molecular weight is 258 g/mol. The zero-order valence-electron chi connectivity index (χ0n) is 9.34. The highest BCUT2D eigenvalue weighted by atomic mass is 19.4. The van der Waals surface area contributed by atoms with Crippen molar-refractivity contribution in [3.05, 3.63) is 29.8 Å². The maximum atomic E-state index is 13.8. The quantitative estimate of drug-likeness (QED) is 0.709. The van der Waals surface area contributed by atoms with Crippen molar-refractivity contribution in [3.8, 4) is 0 Å². The molecule has 2 aromatic rings. The Bertz CT molecular complexity index is 596. The first-order valence-corrected chi connectivity index (χ1v) is 5.70. The molecule has 1 aromatic heterocycles. The molecule has 0 radical (unpaired) electrons. The monoisotopic (exact) mass is 258 g/mol. The zero-order valence-corrected chi connectivity index (χ0v) is 9.34. The van der Waals surface area contributed by atoms with E-state index in [0.717, 1.165) is 25.3 Å². The summed E-state index contributed by atoms with van der Waals surface area (Å²) in [5.74, 6) is -0.857. The van der Waals surface area contributed by atoms with Gasteiger partial charge in [0.1, 0.15) is 11.3 Å². The van der Waals surface area contributed by atoms with Gasteiger partial charge < -0.3 is 4.57 Å². The number of alkyl halides is 3. The van der Waals surface area contributed by atoms with E-state index in [2.05, 4.69) is 4.98 Å². The van der Waals surface area contributed by atoms with E-state index >= 15 is 0 Å². The molecule has 0 bridgehead atoms. The van der Waals surface area contributed by atoms with Gasteiger partial charge in [0.05, 0.1) is 17.4 Å². The van der Waals surface area contributed by atoms with E-state index < -0.39 is 17.6 Å². The number of aromatic nitrogens is 2. The Morgan fingerprint density at radius 1 is 1.22 bits per heavy atom. The SMILES string of the molecule is Fc1cc(C(F)(F)F)cc2ncn(C3CCC3)c12. The van der Waals surface area contributed by atoms with E-state index in [-0.39, 0.29) is 17.1 Å². The second-order valence-electron chi connectivity index (χ2n) is 4.56. The summed E-state index contributed by atoms with van der Waals surface area (Å²) in [4.78, 5) is 3.88. The van der Waals surface area contributed by atoms with Gasteiger partial charge in [0.2, 0.25) is 0 Å². The van der Waals surface area contributed by atoms with Crippen molar-refractivity contribution in [2.45, 2.75) is 31.5 Å². The molecule has 1 heterocycles. The van der Waals surface area contributed by atoms with Crippen LogP contribution in [0.25, 0.3) is 11.0 Å². The number of halogens is 4. The molecule has 1 aliphatic carbocycles. The fourth-order valence-corrected chi connectivity index (χ4v) is 2.23. The minimum atomic E-state index is -4.55. The van der Waals surface area contributed by atoms with Crippen molar-refractivity contribution < 1.29 is 17.6 Å². The van der Waals surface area contributed by atoms with E-state index in [1.165, 1.54) is 6.33 Å². The third kappa shape index (κ3) is 1.67. The molecule has 0 unspecified atom stereocenters. The second kappa shape index (κ2) is 3.70. The molecule has 1 fully saturated rings. The van der Waals surface area contributed by atoms with Gasteiger partial charge in [-0.2, -0.15) is 13.2 Å². The third-order valence-electron chi connectivity index (χ3n) is 3.42. The van der Waals surface area contributed by atoms with E-state index in [4.69, 9.17) is 0 Å². The van der Waals surface area contributed by atoms with Gasteiger partial charge in [-0.05, 0) is 31.4 Å². The summed E-state index contributed by atoms with van der Waals surface area (Å²) >= 11 is 0. The van der Waals surface area contributed by atoms with E-state index in [1.807, 2.05) is 0 Å². The first-order valence-electron chi connectivity index (χ1n) is 5.70. The summed E-state index contributed by atoms with van der Waals surface area (Å²) in [6.45, 7) is 0. The predicted octanol–water partition coefficient (Wildman–Crippen LogP) is 3.92. The summed E-state index contributed by atoms with van der Waals surface area (Å²) in [7, 11) is 0. The van der Waals surface area contributed by atoms with Gasteiger partial charge in [0, 0.05) is 6.04 Å². The van der Waals surface area contributed by atoms with Crippen LogP contribution in [0, 0.1) is 5.82 Å². The molecule has 0 atom stereocenters. The van der Waals surface area contributed by atoms with Crippen LogP contribution in [0.3, 0.4) is 0 Å². The highest BCUT2D eigenvalue weighted by Crippen LogP contribution is 2.37. The number of rotatable bonds is 1. The van der Waals surface area contributed by atoms with E-state index in [1.54, 1.807) is 4.57 Å². The average Bonchev–Trinajstić information content (AvgIpc) is 2.58. The van der Waals surface area contributed by atoms with Crippen LogP contribution in [-0.4, -0.2) is 9.55 Å². The molecule has 96 valence electrons. The van der Waals surface area contributed by atoms with E-state index in [9.17, 15) is 17.6 Å². The molecule has 1 aliphatic rings. The Morgan fingerprint density at radius 3 is 2.50 bits per heavy atom. The van der Waals surface area contributed by atoms with Crippen molar-refractivity contribution in [3.63, 3.8) is 0 Å². The fourth-order valence-electron chi connectivity index (χ4n) is 2.23. The van der Waals surface area contributed by atoms with Crippen LogP contribution in [0.5, 0.6) is 0 Å². The van der Waals surface area contributed by atoms with Crippen LogP contribution in [0.4, 0.5) is 17.6 Å². The van der Waals surface area contributed by atoms with Gasteiger partial charge >= 0.3 is 6.18 Å². The normalized spacial score (nSPS) is 17.1. The van der Waals surface area contributed by atoms with Gasteiger partial charge in [-0.25, -0.2) is 9.37 Å². The van der Waals surface area contributed by atoms with Crippen LogP contribution in [0.1, 0.15) is 30.9 Å². The minimum Gasteiger partial charge on any atom is -0.325 e. The summed E-state index contributed by atoms with van der Waals surface area (Å²) in [6, 6.07) is 1.61. The first kappa shape index (κ1) is 11.5. The highest BCUT2D eigenvalue weighted by Gasteiger charge is 2.33. The molecule has 1 aromatic carbocycles. The van der Waals surface area contributed by atoms with Crippen molar-refractivity contribution >= 4 is 11.0 Å². The molecule has 0 N–H and O–H groups in total. The minimum absolute atomic E-state index is 0.0641. The molecule has 6 heteroatoms. The Morgan fingerprint density at radius 2 is 1.94 bits per heavy atom. The summed E-state index contributed by atoms with van der Waals surface area (Å²) in [5, 5.41) is 0. The zero-order chi connectivity index (χ0) is 12.9. The van der Waals surface area contributed by atoms with Crippen LogP contribution in [-0.2, 0) is 6.18 Å². The topological polar surface area (TPSA) is 17.8 Å². The van der Waals surface area contributed by atoms with E-state index in [0.29, 0.717) is 6.07 Å². The van der Waals surface area contributed by atoms with Crippen molar-refractivity contribution in [1.82, 2.24) is 9.55 Å². The van der Waals surface area contributed by atoms with Crippen molar-refractivity contribution in [2.75, 3.05) is 0 Å². The summed E-state index contributed by atoms with van der Waals surface area (Å²) in [6.07, 6.45) is -0.211. The van der Waals surface area contributed by atoms with Crippen molar-refractivity contribution in [2.24, 2.45) is 0 Å². The maximum absolute atomic E-state index is 13.8. The van der Waals surface area contributed by atoms with Gasteiger partial charge in [0.15, 0.2) is 0 Å². The summed E-state index contributed by atoms with van der Waals surface area (Å²) < 4.78 is 53.1. The number of nitrogens with zero attached hydrogens (tertiary/aromatic N) is 2. The molecule has 2 nitrogen and oxygen atoms in total. The lowest BCUT2D eigenvalue weighted by Crippen LogP contribution is -2.16. The smallest absolute Gasteiger partial charge is 0.325 e. The number of imidazole rings is 1. The second-order valence-corrected chi connectivity index (χ2v) is 4.56. The Kier molecular flexibility index (Phi) is 2.36. The lowest BCUT2D eigenvalue weighted by Gasteiger charge is -2.27. The lowest BCUT2D eigenvalue weighted by atomic mass is 9.93. The molecular weight excluding hydrogens is 248 g/mol. The standard InChI is InChI=1S/C12H10F4N2/c13-9-4-7(12(14,15)16)5-10-11(9)18(6-17-10)8-2-1-3-8/h4-6,8H,1-3H2. The Balaban J connectivity index is 2.16. The van der Waals surface area contributed by atoms with Gasteiger partial charge in [-0.15, -0.1) is 0 Å². The van der Waals surface area contributed by atoms with Crippen molar-refractivity contribution in [1.29, 1.82) is 0 Å². The number of fused-ring (bicyclic) bond motifs is 1. The molecule has 0 aliphatic heterocycles. The maximum Gasteiger partial charge on any atom is 0.416 e. The predicted molar refractivity (Wildman–Crippen MR) is 57.6 cm³/mol. The molecule has 0 spiro atoms. The number of hydrogen-bond acceptors (Lipinski definition) is 1. The Hall–Kier alpha value is -1.59. The van der Waals surface area contributed by atoms with Crippen LogP contribution in [0.2, 0.25) is 0 Å². The molecular formula is C12H10F4N2. The van der Waals surface area contributed by atoms with Gasteiger partial charge in [0.25, 0.3) is 0 Å².